The summed E-state index contributed by atoms with van der Waals surface area (Å²) in [6, 6.07) is 8.95. The van der Waals surface area contributed by atoms with E-state index in [0.29, 0.717) is 0 Å². The van der Waals surface area contributed by atoms with Gasteiger partial charge in [0.05, 0.1) is 0 Å². The number of nitrogens with zero attached hydrogens (tertiary/aromatic N) is 1. The van der Waals surface area contributed by atoms with Gasteiger partial charge >= 0.3 is 85.6 Å². The van der Waals surface area contributed by atoms with Crippen LogP contribution >= 0.6 is 0 Å². The molecule has 0 unspecified atom stereocenters. The second-order valence-electron chi connectivity index (χ2n) is 3.09. The molecule has 0 saturated heterocycles. The van der Waals surface area contributed by atoms with Gasteiger partial charge in [-0.25, -0.2) is 0 Å². The van der Waals surface area contributed by atoms with Gasteiger partial charge < -0.3 is 0 Å². The molecule has 0 aliphatic heterocycles. The molecule has 3 rings (SSSR count). The normalized spacial score (nSPS) is 11.2. The van der Waals surface area contributed by atoms with Crippen LogP contribution in [0.1, 0.15) is 0 Å². The SMILES string of the molecule is Fc1ccc2c(c1)[se]c1cccnc12. The van der Waals surface area contributed by atoms with Crippen molar-refractivity contribution in [2.45, 2.75) is 0 Å². The summed E-state index contributed by atoms with van der Waals surface area (Å²) in [6.45, 7) is 0. The molecule has 3 heteroatoms. The van der Waals surface area contributed by atoms with Crippen molar-refractivity contribution in [2.75, 3.05) is 0 Å². The van der Waals surface area contributed by atoms with Crippen molar-refractivity contribution in [1.82, 2.24) is 4.98 Å². The van der Waals surface area contributed by atoms with E-state index in [9.17, 15) is 4.39 Å². The third-order valence-corrected chi connectivity index (χ3v) is 4.51. The van der Waals surface area contributed by atoms with E-state index in [1.165, 1.54) is 10.3 Å². The molecule has 0 radical (unpaired) electrons. The van der Waals surface area contributed by atoms with Crippen molar-refractivity contribution in [1.29, 1.82) is 0 Å². The van der Waals surface area contributed by atoms with Crippen LogP contribution < -0.4 is 0 Å². The Morgan fingerprint density at radius 3 is 3.00 bits per heavy atom. The zero-order valence-corrected chi connectivity index (χ0v) is 8.91. The first-order valence-corrected chi connectivity index (χ1v) is 5.99. The Morgan fingerprint density at radius 1 is 1.14 bits per heavy atom. The molecule has 2 heterocycles. The first kappa shape index (κ1) is 8.15. The van der Waals surface area contributed by atoms with Gasteiger partial charge in [-0.05, 0) is 0 Å². The minimum absolute atomic E-state index is 0.154. The number of rotatable bonds is 0. The van der Waals surface area contributed by atoms with Gasteiger partial charge in [-0.3, -0.25) is 0 Å². The molecular formula is C11H6FNSe. The van der Waals surface area contributed by atoms with Crippen LogP contribution in [0.4, 0.5) is 4.39 Å². The summed E-state index contributed by atoms with van der Waals surface area (Å²) < 4.78 is 15.3. The molecule has 0 aliphatic carbocycles. The van der Waals surface area contributed by atoms with Crippen molar-refractivity contribution in [2.24, 2.45) is 0 Å². The third-order valence-electron chi connectivity index (χ3n) is 2.19. The molecule has 0 N–H and O–H groups in total. The Morgan fingerprint density at radius 2 is 2.07 bits per heavy atom. The molecule has 0 spiro atoms. The third kappa shape index (κ3) is 1.10. The maximum atomic E-state index is 13.0. The molecule has 1 nitrogen and oxygen atoms in total. The predicted octanol–water partition coefficient (Wildman–Crippen LogP) is 2.58. The van der Waals surface area contributed by atoms with E-state index in [1.807, 2.05) is 12.1 Å². The fourth-order valence-electron chi connectivity index (χ4n) is 1.57. The van der Waals surface area contributed by atoms with E-state index in [-0.39, 0.29) is 20.3 Å². The second-order valence-corrected chi connectivity index (χ2v) is 5.37. The summed E-state index contributed by atoms with van der Waals surface area (Å²) in [7, 11) is 0. The maximum absolute atomic E-state index is 13.0. The van der Waals surface area contributed by atoms with Crippen molar-refractivity contribution >= 4 is 33.9 Å². The van der Waals surface area contributed by atoms with Crippen LogP contribution in [-0.4, -0.2) is 19.5 Å². The molecular weight excluding hydrogens is 244 g/mol. The molecule has 2 aromatic heterocycles. The predicted molar refractivity (Wildman–Crippen MR) is 56.1 cm³/mol. The second kappa shape index (κ2) is 2.91. The van der Waals surface area contributed by atoms with E-state index >= 15 is 0 Å². The summed E-state index contributed by atoms with van der Waals surface area (Å²) in [5, 5.41) is 1.10. The van der Waals surface area contributed by atoms with E-state index in [1.54, 1.807) is 12.3 Å². The zero-order valence-electron chi connectivity index (χ0n) is 7.20. The summed E-state index contributed by atoms with van der Waals surface area (Å²) in [5.74, 6) is -0.154. The van der Waals surface area contributed by atoms with Gasteiger partial charge in [0, 0.05) is 0 Å². The van der Waals surface area contributed by atoms with Gasteiger partial charge in [-0.1, -0.05) is 0 Å². The minimum atomic E-state index is -0.154. The Bertz CT molecular complexity index is 615. The van der Waals surface area contributed by atoms with Crippen LogP contribution in [0.25, 0.3) is 19.4 Å². The molecule has 1 aromatic carbocycles. The van der Waals surface area contributed by atoms with Crippen LogP contribution in [0, 0.1) is 5.82 Å². The summed E-state index contributed by atoms with van der Waals surface area (Å²) >= 11 is 0.223. The molecule has 3 aromatic rings. The monoisotopic (exact) mass is 251 g/mol. The summed E-state index contributed by atoms with van der Waals surface area (Å²) in [6.07, 6.45) is 1.79. The Kier molecular flexibility index (Phi) is 1.69. The topological polar surface area (TPSA) is 12.9 Å². The van der Waals surface area contributed by atoms with Crippen molar-refractivity contribution in [3.8, 4) is 0 Å². The van der Waals surface area contributed by atoms with E-state index in [4.69, 9.17) is 0 Å². The zero-order chi connectivity index (χ0) is 9.54. The molecule has 0 fully saturated rings. The number of fused-ring (bicyclic) bond motifs is 3. The summed E-state index contributed by atoms with van der Waals surface area (Å²) in [4.78, 5) is 4.32. The molecule has 0 aliphatic rings. The van der Waals surface area contributed by atoms with Crippen LogP contribution in [0.3, 0.4) is 0 Å². The van der Waals surface area contributed by atoms with Gasteiger partial charge in [0.2, 0.25) is 0 Å². The number of hydrogen-bond donors (Lipinski definition) is 0. The molecule has 0 atom stereocenters. The number of benzene rings is 1. The van der Waals surface area contributed by atoms with Crippen molar-refractivity contribution in [3.05, 3.63) is 42.3 Å². The van der Waals surface area contributed by atoms with Crippen LogP contribution in [0.15, 0.2) is 36.5 Å². The first-order valence-electron chi connectivity index (χ1n) is 4.27. The van der Waals surface area contributed by atoms with Crippen molar-refractivity contribution < 1.29 is 4.39 Å². The first-order chi connectivity index (χ1) is 6.84. The Hall–Kier alpha value is -1.18. The van der Waals surface area contributed by atoms with Crippen molar-refractivity contribution in [3.63, 3.8) is 0 Å². The fourth-order valence-corrected chi connectivity index (χ4v) is 3.85. The van der Waals surface area contributed by atoms with Gasteiger partial charge in [0.1, 0.15) is 0 Å². The van der Waals surface area contributed by atoms with Gasteiger partial charge in [0.15, 0.2) is 0 Å². The Labute approximate surface area is 85.9 Å². The molecule has 14 heavy (non-hydrogen) atoms. The average molecular weight is 250 g/mol. The Balaban J connectivity index is 2.57. The van der Waals surface area contributed by atoms with Crippen LogP contribution in [-0.2, 0) is 0 Å². The van der Waals surface area contributed by atoms with E-state index in [2.05, 4.69) is 11.1 Å². The fraction of sp³-hybridized carbons (Fsp3) is 0. The number of hydrogen-bond acceptors (Lipinski definition) is 1. The average Bonchev–Trinajstić information content (AvgIpc) is 2.54. The number of aromatic nitrogens is 1. The number of halogens is 1. The molecule has 68 valence electrons. The number of pyridine rings is 1. The molecule has 0 amide bonds. The van der Waals surface area contributed by atoms with E-state index < -0.39 is 0 Å². The molecule has 0 saturated carbocycles. The van der Waals surface area contributed by atoms with Crippen LogP contribution in [0.2, 0.25) is 0 Å². The van der Waals surface area contributed by atoms with Crippen LogP contribution in [0.5, 0.6) is 0 Å². The summed E-state index contributed by atoms with van der Waals surface area (Å²) in [5.41, 5.74) is 1.03. The van der Waals surface area contributed by atoms with Gasteiger partial charge in [-0.15, -0.1) is 0 Å². The van der Waals surface area contributed by atoms with E-state index in [0.717, 1.165) is 15.2 Å². The quantitative estimate of drug-likeness (QED) is 0.559. The standard InChI is InChI=1S/C11H6FNSe/c12-7-3-4-8-10(6-7)14-9-2-1-5-13-11(8)9/h1-6H. The van der Waals surface area contributed by atoms with Gasteiger partial charge in [-0.2, -0.15) is 0 Å². The van der Waals surface area contributed by atoms with Gasteiger partial charge in [0.25, 0.3) is 0 Å². The molecule has 0 bridgehead atoms.